The molecule has 1 aromatic heterocycles. The number of carbonyl (C=O) groups is 2. The Morgan fingerprint density at radius 2 is 1.36 bits per heavy atom. The fourth-order valence-corrected chi connectivity index (χ4v) is 4.28. The zero-order valence-electron chi connectivity index (χ0n) is 21.5. The Morgan fingerprint density at radius 1 is 0.879 bits per heavy atom. The van der Waals surface area contributed by atoms with E-state index in [2.05, 4.69) is 29.2 Å². The van der Waals surface area contributed by atoms with E-state index in [-0.39, 0.29) is 35.5 Å². The third-order valence-electron chi connectivity index (χ3n) is 5.72. The minimum absolute atomic E-state index is 0.203. The van der Waals surface area contributed by atoms with Crippen LogP contribution in [0.3, 0.4) is 0 Å². The van der Waals surface area contributed by atoms with Gasteiger partial charge in [-0.1, -0.05) is 65.8 Å². The second-order valence-electron chi connectivity index (χ2n) is 11.6. The van der Waals surface area contributed by atoms with Crippen LogP contribution in [0.15, 0.2) is 24.3 Å². The number of aromatic nitrogens is 2. The summed E-state index contributed by atoms with van der Waals surface area (Å²) < 4.78 is 0. The van der Waals surface area contributed by atoms with E-state index in [1.807, 2.05) is 55.4 Å². The first-order valence-corrected chi connectivity index (χ1v) is 11.8. The number of amides is 2. The molecule has 0 saturated carbocycles. The number of aryl methyl sites for hydroxylation is 2. The van der Waals surface area contributed by atoms with Crippen molar-refractivity contribution in [3.63, 3.8) is 0 Å². The minimum atomic E-state index is -0.235. The average molecular weight is 451 g/mol. The molecular weight excluding hydrogens is 412 g/mol. The van der Waals surface area contributed by atoms with E-state index in [0.717, 1.165) is 19.5 Å². The lowest BCUT2D eigenvalue weighted by Crippen LogP contribution is -2.42. The Morgan fingerprint density at radius 3 is 1.85 bits per heavy atom. The number of nitrogens with zero attached hydrogens (tertiary/aromatic N) is 4. The predicted octanol–water partition coefficient (Wildman–Crippen LogP) is 5.39. The molecule has 2 aromatic rings. The lowest BCUT2D eigenvalue weighted by atomic mass is 9.89. The van der Waals surface area contributed by atoms with Gasteiger partial charge in [-0.2, -0.15) is 0 Å². The van der Waals surface area contributed by atoms with Crippen LogP contribution < -0.4 is 9.80 Å². The van der Waals surface area contributed by atoms with Gasteiger partial charge in [-0.15, -0.1) is 0 Å². The number of carbonyl (C=O) groups excluding carboxylic acids is 2. The molecule has 1 aliphatic heterocycles. The van der Waals surface area contributed by atoms with E-state index in [9.17, 15) is 9.59 Å². The van der Waals surface area contributed by atoms with Gasteiger partial charge in [0, 0.05) is 25.9 Å². The third kappa shape index (κ3) is 6.18. The van der Waals surface area contributed by atoms with Crippen molar-refractivity contribution in [2.24, 2.45) is 10.8 Å². The first-order chi connectivity index (χ1) is 15.2. The van der Waals surface area contributed by atoms with Crippen LogP contribution in [0.4, 0.5) is 11.6 Å². The first kappa shape index (κ1) is 24.9. The lowest BCUT2D eigenvalue weighted by Gasteiger charge is -2.32. The molecule has 0 N–H and O–H groups in total. The van der Waals surface area contributed by atoms with Crippen molar-refractivity contribution in [2.45, 2.75) is 81.2 Å². The molecule has 0 radical (unpaired) electrons. The van der Waals surface area contributed by atoms with Gasteiger partial charge in [0.1, 0.15) is 0 Å². The van der Waals surface area contributed by atoms with Crippen LogP contribution in [0.2, 0.25) is 0 Å². The van der Waals surface area contributed by atoms with Crippen LogP contribution in [-0.4, -0.2) is 28.3 Å². The zero-order chi connectivity index (χ0) is 24.6. The van der Waals surface area contributed by atoms with Crippen molar-refractivity contribution < 1.29 is 9.59 Å². The Bertz CT molecular complexity index is 996. The summed E-state index contributed by atoms with van der Waals surface area (Å²) >= 11 is 0. The van der Waals surface area contributed by atoms with Crippen molar-refractivity contribution >= 4 is 23.5 Å². The third-order valence-corrected chi connectivity index (χ3v) is 5.72. The maximum absolute atomic E-state index is 13.4. The summed E-state index contributed by atoms with van der Waals surface area (Å²) in [7, 11) is 0. The number of rotatable bonds is 4. The zero-order valence-corrected chi connectivity index (χ0v) is 21.5. The number of anilines is 2. The highest BCUT2D eigenvalue weighted by Crippen LogP contribution is 2.32. The minimum Gasteiger partial charge on any atom is -0.336 e. The van der Waals surface area contributed by atoms with E-state index in [1.165, 1.54) is 16.0 Å². The van der Waals surface area contributed by atoms with Gasteiger partial charge in [-0.25, -0.2) is 14.9 Å². The Hall–Kier alpha value is -2.76. The van der Waals surface area contributed by atoms with E-state index < -0.39 is 0 Å². The summed E-state index contributed by atoms with van der Waals surface area (Å²) in [6, 6.07) is 8.45. The van der Waals surface area contributed by atoms with Gasteiger partial charge in [0.15, 0.2) is 0 Å². The first-order valence-electron chi connectivity index (χ1n) is 11.8. The molecule has 1 aliphatic rings. The van der Waals surface area contributed by atoms with Crippen LogP contribution in [0, 0.1) is 24.7 Å². The second-order valence-corrected chi connectivity index (χ2v) is 11.6. The van der Waals surface area contributed by atoms with E-state index in [1.54, 1.807) is 0 Å². The quantitative estimate of drug-likeness (QED) is 0.625. The largest absolute Gasteiger partial charge is 0.336 e. The highest BCUT2D eigenvalue weighted by atomic mass is 16.2. The molecule has 0 unspecified atom stereocenters. The summed E-state index contributed by atoms with van der Waals surface area (Å²) in [6.07, 6.45) is 1.48. The summed E-state index contributed by atoms with van der Waals surface area (Å²) in [5.41, 5.74) is 4.02. The fourth-order valence-electron chi connectivity index (χ4n) is 4.28. The van der Waals surface area contributed by atoms with Crippen LogP contribution in [0.1, 0.15) is 76.9 Å². The van der Waals surface area contributed by atoms with Crippen LogP contribution in [-0.2, 0) is 22.6 Å². The molecule has 0 bridgehead atoms. The van der Waals surface area contributed by atoms with Gasteiger partial charge in [-0.05, 0) is 42.2 Å². The van der Waals surface area contributed by atoms with Crippen LogP contribution in [0.5, 0.6) is 0 Å². The van der Waals surface area contributed by atoms with E-state index in [0.29, 0.717) is 23.0 Å². The molecule has 2 heterocycles. The molecule has 6 heteroatoms. The van der Waals surface area contributed by atoms with Gasteiger partial charge < -0.3 is 4.90 Å². The number of fused-ring (bicyclic) bond motifs is 1. The normalized spacial score (nSPS) is 14.1. The van der Waals surface area contributed by atoms with Gasteiger partial charge in [0.05, 0.1) is 17.1 Å². The molecule has 6 nitrogen and oxygen atoms in total. The highest BCUT2D eigenvalue weighted by molar-refractivity contribution is 6.15. The molecular formula is C27H38N4O2. The molecule has 178 valence electrons. The maximum Gasteiger partial charge on any atom is 0.234 e. The van der Waals surface area contributed by atoms with Crippen molar-refractivity contribution in [1.29, 1.82) is 0 Å². The molecule has 0 fully saturated rings. The van der Waals surface area contributed by atoms with E-state index >= 15 is 0 Å². The smallest absolute Gasteiger partial charge is 0.234 e. The van der Waals surface area contributed by atoms with Gasteiger partial charge >= 0.3 is 0 Å². The van der Waals surface area contributed by atoms with Crippen molar-refractivity contribution in [3.8, 4) is 0 Å². The molecule has 0 atom stereocenters. The van der Waals surface area contributed by atoms with Crippen LogP contribution in [0.25, 0.3) is 0 Å². The van der Waals surface area contributed by atoms with Crippen molar-refractivity contribution in [1.82, 2.24) is 9.97 Å². The summed E-state index contributed by atoms with van der Waals surface area (Å²) in [4.78, 5) is 39.8. The fraction of sp³-hybridized carbons (Fsp3) is 0.556. The molecule has 3 rings (SSSR count). The standard InChI is InChI=1S/C27H38N4O2/c1-18-24(31(22(32)15-26(3,4)5)23(33)16-27(6,7)8)19(2)29-25(28-18)30-14-13-20-11-9-10-12-21(20)17-30/h9-12H,13-17H2,1-8H3. The van der Waals surface area contributed by atoms with Gasteiger partial charge in [0.25, 0.3) is 0 Å². The summed E-state index contributed by atoms with van der Waals surface area (Å²) in [5, 5.41) is 0. The summed E-state index contributed by atoms with van der Waals surface area (Å²) in [5.74, 6) is 0.243. The summed E-state index contributed by atoms with van der Waals surface area (Å²) in [6.45, 7) is 17.4. The lowest BCUT2D eigenvalue weighted by molar-refractivity contribution is -0.128. The number of hydrogen-bond acceptors (Lipinski definition) is 5. The molecule has 1 aromatic carbocycles. The highest BCUT2D eigenvalue weighted by Gasteiger charge is 2.33. The average Bonchev–Trinajstić information content (AvgIpc) is 2.67. The van der Waals surface area contributed by atoms with Gasteiger partial charge in [0.2, 0.25) is 17.8 Å². The molecule has 0 spiro atoms. The second kappa shape index (κ2) is 9.24. The molecule has 2 amide bonds. The van der Waals surface area contributed by atoms with Crippen molar-refractivity contribution in [3.05, 3.63) is 46.8 Å². The molecule has 33 heavy (non-hydrogen) atoms. The topological polar surface area (TPSA) is 66.4 Å². The van der Waals surface area contributed by atoms with Crippen LogP contribution >= 0.6 is 0 Å². The van der Waals surface area contributed by atoms with Gasteiger partial charge in [-0.3, -0.25) is 9.59 Å². The Balaban J connectivity index is 1.97. The number of benzene rings is 1. The Kier molecular flexibility index (Phi) is 6.96. The van der Waals surface area contributed by atoms with E-state index in [4.69, 9.17) is 9.97 Å². The molecule has 0 saturated heterocycles. The maximum atomic E-state index is 13.4. The monoisotopic (exact) mass is 450 g/mol. The van der Waals surface area contributed by atoms with Crippen molar-refractivity contribution in [2.75, 3.05) is 16.3 Å². The predicted molar refractivity (Wildman–Crippen MR) is 133 cm³/mol. The Labute approximate surface area is 198 Å². The number of imide groups is 1. The molecule has 0 aliphatic carbocycles. The number of hydrogen-bond donors (Lipinski definition) is 0. The SMILES string of the molecule is Cc1nc(N2CCc3ccccc3C2)nc(C)c1N(C(=O)CC(C)(C)C)C(=O)CC(C)(C)C.